The molecule has 2 amide bonds. The zero-order valence-electron chi connectivity index (χ0n) is 13.5. The topological polar surface area (TPSA) is 94.1 Å². The number of hydrogen-bond acceptors (Lipinski definition) is 7. The second kappa shape index (κ2) is 7.54. The number of benzene rings is 1. The molecule has 0 aliphatic carbocycles. The molecule has 0 bridgehead atoms. The third-order valence-corrected chi connectivity index (χ3v) is 4.55. The lowest BCUT2D eigenvalue weighted by Gasteiger charge is -2.37. The van der Waals surface area contributed by atoms with E-state index >= 15 is 0 Å². The van der Waals surface area contributed by atoms with E-state index in [-0.39, 0.29) is 23.8 Å². The number of ether oxygens (including phenoxy) is 1. The molecule has 1 unspecified atom stereocenters. The summed E-state index contributed by atoms with van der Waals surface area (Å²) in [7, 11) is 0. The van der Waals surface area contributed by atoms with Gasteiger partial charge in [0.05, 0.1) is 16.7 Å². The third-order valence-electron chi connectivity index (χ3n) is 3.74. The number of rotatable bonds is 5. The van der Waals surface area contributed by atoms with E-state index in [1.54, 1.807) is 30.3 Å². The summed E-state index contributed by atoms with van der Waals surface area (Å²) in [5.74, 6) is 0.248. The normalized spacial score (nSPS) is 21.5. The first-order valence-electron chi connectivity index (χ1n) is 7.73. The number of carbonyl (C=O) groups is 2. The number of hydrogen-bond donors (Lipinski definition) is 1. The Morgan fingerprint density at radius 1 is 1.36 bits per heavy atom. The van der Waals surface area contributed by atoms with Gasteiger partial charge in [-0.2, -0.15) is 0 Å². The van der Waals surface area contributed by atoms with Gasteiger partial charge in [0.15, 0.2) is 0 Å². The molecule has 3 rings (SSSR count). The van der Waals surface area contributed by atoms with Crippen LogP contribution in [0.5, 0.6) is 5.75 Å². The fourth-order valence-electron chi connectivity index (χ4n) is 2.47. The van der Waals surface area contributed by atoms with E-state index in [1.165, 1.54) is 12.4 Å². The summed E-state index contributed by atoms with van der Waals surface area (Å²) < 4.78 is 5.70. The van der Waals surface area contributed by atoms with Gasteiger partial charge in [0.1, 0.15) is 12.4 Å². The van der Waals surface area contributed by atoms with Gasteiger partial charge in [0.2, 0.25) is 0 Å². The van der Waals surface area contributed by atoms with Crippen LogP contribution in [0.15, 0.2) is 46.6 Å². The number of amides is 2. The minimum atomic E-state index is -0.383. The fraction of sp³-hybridized carbons (Fsp3) is 0.235. The van der Waals surface area contributed by atoms with Crippen molar-refractivity contribution in [2.24, 2.45) is 4.99 Å². The van der Waals surface area contributed by atoms with Gasteiger partial charge in [-0.25, -0.2) is 0 Å². The molecule has 0 saturated carbocycles. The summed E-state index contributed by atoms with van der Waals surface area (Å²) in [6, 6.07) is 6.81. The van der Waals surface area contributed by atoms with Gasteiger partial charge in [-0.3, -0.25) is 19.9 Å². The summed E-state index contributed by atoms with van der Waals surface area (Å²) in [5, 5.41) is 14.5. The highest BCUT2D eigenvalue weighted by atomic mass is 32.2. The Bertz CT molecular complexity index is 771. The lowest BCUT2D eigenvalue weighted by atomic mass is 10.1. The van der Waals surface area contributed by atoms with Crippen LogP contribution in [-0.2, 0) is 4.79 Å². The van der Waals surface area contributed by atoms with E-state index < -0.39 is 0 Å². The second-order valence-corrected chi connectivity index (χ2v) is 6.43. The lowest BCUT2D eigenvalue weighted by molar-refractivity contribution is -0.115. The Labute approximate surface area is 149 Å². The molecule has 0 radical (unpaired) electrons. The zero-order chi connectivity index (χ0) is 17.8. The lowest BCUT2D eigenvalue weighted by Crippen LogP contribution is -2.38. The molecular weight excluding hydrogens is 342 g/mol. The summed E-state index contributed by atoms with van der Waals surface area (Å²) in [6.07, 6.45) is 5.18. The van der Waals surface area contributed by atoms with Crippen LogP contribution < -0.4 is 10.1 Å². The highest BCUT2D eigenvalue weighted by Crippen LogP contribution is 2.26. The van der Waals surface area contributed by atoms with Crippen LogP contribution in [0.2, 0.25) is 0 Å². The molecular formula is C17H16N3O4S-. The first-order valence-corrected chi connectivity index (χ1v) is 8.55. The maximum atomic E-state index is 11.7. The van der Waals surface area contributed by atoms with Crippen LogP contribution >= 0.6 is 11.8 Å². The number of aliphatic imine (C=N–C) groups is 1. The van der Waals surface area contributed by atoms with Crippen LogP contribution in [0.25, 0.3) is 6.08 Å². The van der Waals surface area contributed by atoms with Crippen molar-refractivity contribution in [2.75, 3.05) is 6.61 Å². The fourth-order valence-corrected chi connectivity index (χ4v) is 3.15. The SMILES string of the molecule is CCC1C(COc2ccc(C=C3SC(=O)NC3=O)cc2)=NC=CN1[O-]. The van der Waals surface area contributed by atoms with Crippen molar-refractivity contribution in [2.45, 2.75) is 19.4 Å². The van der Waals surface area contributed by atoms with Crippen molar-refractivity contribution >= 4 is 34.7 Å². The largest absolute Gasteiger partial charge is 0.758 e. The Hall–Kier alpha value is -2.58. The second-order valence-electron chi connectivity index (χ2n) is 5.41. The number of carbonyl (C=O) groups excluding carboxylic acids is 2. The Morgan fingerprint density at radius 2 is 2.12 bits per heavy atom. The quantitative estimate of drug-likeness (QED) is 0.814. The zero-order valence-corrected chi connectivity index (χ0v) is 14.3. The molecule has 1 aromatic rings. The number of imide groups is 1. The summed E-state index contributed by atoms with van der Waals surface area (Å²) in [6.45, 7) is 2.16. The predicted octanol–water partition coefficient (Wildman–Crippen LogP) is 2.89. The molecule has 2 aliphatic heterocycles. The smallest absolute Gasteiger partial charge is 0.290 e. The molecule has 1 fully saturated rings. The van der Waals surface area contributed by atoms with Crippen molar-refractivity contribution in [3.63, 3.8) is 0 Å². The van der Waals surface area contributed by atoms with Gasteiger partial charge in [-0.15, -0.1) is 0 Å². The third kappa shape index (κ3) is 4.09. The molecule has 25 heavy (non-hydrogen) atoms. The van der Waals surface area contributed by atoms with Gasteiger partial charge in [0, 0.05) is 12.4 Å². The average Bonchev–Trinajstić information content (AvgIpc) is 2.91. The van der Waals surface area contributed by atoms with E-state index in [2.05, 4.69) is 10.3 Å². The van der Waals surface area contributed by atoms with Gasteiger partial charge < -0.3 is 15.0 Å². The van der Waals surface area contributed by atoms with Crippen molar-refractivity contribution in [3.8, 4) is 5.75 Å². The summed E-state index contributed by atoms with van der Waals surface area (Å²) in [4.78, 5) is 27.3. The van der Waals surface area contributed by atoms with Crippen molar-refractivity contribution in [1.82, 2.24) is 10.4 Å². The van der Waals surface area contributed by atoms with Crippen molar-refractivity contribution < 1.29 is 14.3 Å². The summed E-state index contributed by atoms with van der Waals surface area (Å²) >= 11 is 0.879. The number of nitrogens with one attached hydrogen (secondary N) is 1. The molecule has 130 valence electrons. The number of thioether (sulfide) groups is 1. The molecule has 2 heterocycles. The van der Waals surface area contributed by atoms with E-state index in [1.807, 2.05) is 6.92 Å². The number of hydroxylamine groups is 2. The van der Waals surface area contributed by atoms with Crippen LogP contribution in [0.4, 0.5) is 4.79 Å². The van der Waals surface area contributed by atoms with E-state index in [0.717, 1.165) is 22.4 Å². The predicted molar refractivity (Wildman–Crippen MR) is 96.9 cm³/mol. The first kappa shape index (κ1) is 17.2. The van der Waals surface area contributed by atoms with E-state index in [9.17, 15) is 14.8 Å². The molecule has 1 atom stereocenters. The van der Waals surface area contributed by atoms with Gasteiger partial charge in [-0.1, -0.05) is 19.1 Å². The molecule has 1 saturated heterocycles. The molecule has 7 nitrogen and oxygen atoms in total. The summed E-state index contributed by atoms with van der Waals surface area (Å²) in [5.41, 5.74) is 1.47. The minimum Gasteiger partial charge on any atom is -0.758 e. The van der Waals surface area contributed by atoms with Crippen LogP contribution in [0.1, 0.15) is 18.9 Å². The highest BCUT2D eigenvalue weighted by Gasteiger charge is 2.24. The number of nitrogens with zero attached hydrogens (tertiary/aromatic N) is 2. The molecule has 0 aromatic heterocycles. The van der Waals surface area contributed by atoms with Gasteiger partial charge >= 0.3 is 0 Å². The van der Waals surface area contributed by atoms with Crippen LogP contribution in [-0.4, -0.2) is 34.6 Å². The molecule has 1 aromatic carbocycles. The van der Waals surface area contributed by atoms with E-state index in [0.29, 0.717) is 22.8 Å². The van der Waals surface area contributed by atoms with Crippen molar-refractivity contribution in [3.05, 3.63) is 52.3 Å². The molecule has 0 spiro atoms. The van der Waals surface area contributed by atoms with Crippen LogP contribution in [0, 0.1) is 5.21 Å². The average molecular weight is 358 g/mol. The Balaban J connectivity index is 1.63. The van der Waals surface area contributed by atoms with Gasteiger partial charge in [0.25, 0.3) is 11.1 Å². The van der Waals surface area contributed by atoms with Crippen LogP contribution in [0.3, 0.4) is 0 Å². The monoisotopic (exact) mass is 358 g/mol. The Kier molecular flexibility index (Phi) is 5.20. The maximum Gasteiger partial charge on any atom is 0.290 e. The van der Waals surface area contributed by atoms with Gasteiger partial charge in [-0.05, 0) is 42.0 Å². The standard InChI is InChI=1S/C17H16N3O4S/c1-2-14-13(18-7-8-20(14)23)10-24-12-5-3-11(4-6-12)9-15-16(21)19-17(22)25-15/h3-9,14H,2,10H2,1H3,(H,19,21,22)/q-1. The highest BCUT2D eigenvalue weighted by molar-refractivity contribution is 8.18. The molecule has 8 heteroatoms. The van der Waals surface area contributed by atoms with E-state index in [4.69, 9.17) is 4.74 Å². The first-order chi connectivity index (χ1) is 12.1. The van der Waals surface area contributed by atoms with Crippen molar-refractivity contribution in [1.29, 1.82) is 0 Å². The maximum absolute atomic E-state index is 11.7. The molecule has 1 N–H and O–H groups in total. The Morgan fingerprint density at radius 3 is 2.76 bits per heavy atom. The molecule has 2 aliphatic rings. The minimum absolute atomic E-state index is 0.231.